The number of halogens is 2. The molecule has 12 nitrogen and oxygen atoms in total. The van der Waals surface area contributed by atoms with Gasteiger partial charge in [0.05, 0.1) is 11.8 Å². The summed E-state index contributed by atoms with van der Waals surface area (Å²) in [5, 5.41) is 3.39. The van der Waals surface area contributed by atoms with Crippen LogP contribution in [0.3, 0.4) is 0 Å². The average Bonchev–Trinajstić information content (AvgIpc) is 3.70. The molecule has 274 valence electrons. The van der Waals surface area contributed by atoms with Crippen molar-refractivity contribution in [3.05, 3.63) is 53.8 Å². The molecular formula is C35H50ClFN8O4S. The number of rotatable bonds is 10. The van der Waals surface area contributed by atoms with Gasteiger partial charge in [-0.25, -0.2) is 14.4 Å². The molecule has 2 atom stereocenters. The highest BCUT2D eigenvalue weighted by Gasteiger charge is 2.47. The van der Waals surface area contributed by atoms with Gasteiger partial charge in [0.1, 0.15) is 17.9 Å². The summed E-state index contributed by atoms with van der Waals surface area (Å²) in [7, 11) is -3.41. The summed E-state index contributed by atoms with van der Waals surface area (Å²) < 4.78 is 50.6. The number of piperidine rings is 1. The zero-order chi connectivity index (χ0) is 34.5. The fourth-order valence-corrected chi connectivity index (χ4v) is 10.2. The average molecular weight is 733 g/mol. The second-order valence-corrected chi connectivity index (χ2v) is 16.9. The van der Waals surface area contributed by atoms with Crippen molar-refractivity contribution < 1.29 is 22.3 Å². The monoisotopic (exact) mass is 732 g/mol. The normalized spacial score (nSPS) is 24.0. The Hall–Kier alpha value is -2.88. The number of piperazine rings is 1. The summed E-state index contributed by atoms with van der Waals surface area (Å²) in [6.45, 7) is 14.7. The summed E-state index contributed by atoms with van der Waals surface area (Å²) in [5.41, 5.74) is 1.69. The zero-order valence-corrected chi connectivity index (χ0v) is 31.1. The number of nitrogens with one attached hydrogen (secondary N) is 1. The van der Waals surface area contributed by atoms with Gasteiger partial charge in [-0.15, -0.1) is 12.4 Å². The van der Waals surface area contributed by atoms with Crippen molar-refractivity contribution in [3.63, 3.8) is 0 Å². The van der Waals surface area contributed by atoms with E-state index < -0.39 is 16.0 Å². The quantitative estimate of drug-likeness (QED) is 0.364. The smallest absolute Gasteiger partial charge is 0.282 e. The Bertz CT molecular complexity index is 1690. The molecule has 2 bridgehead atoms. The van der Waals surface area contributed by atoms with Crippen molar-refractivity contribution in [3.8, 4) is 11.5 Å². The van der Waals surface area contributed by atoms with Crippen molar-refractivity contribution in [1.82, 2.24) is 33.7 Å². The van der Waals surface area contributed by atoms with Crippen molar-refractivity contribution in [2.75, 3.05) is 63.8 Å². The molecular weight excluding hydrogens is 683 g/mol. The summed E-state index contributed by atoms with van der Waals surface area (Å²) in [5.74, 6) is 0.590. The molecule has 1 spiro atoms. The molecule has 4 saturated heterocycles. The minimum atomic E-state index is -3.41. The van der Waals surface area contributed by atoms with Crippen LogP contribution < -0.4 is 15.0 Å². The Morgan fingerprint density at radius 2 is 1.86 bits per heavy atom. The Morgan fingerprint density at radius 3 is 2.48 bits per heavy atom. The minimum absolute atomic E-state index is 0. The molecule has 0 aliphatic carbocycles. The van der Waals surface area contributed by atoms with Gasteiger partial charge in [-0.3, -0.25) is 9.69 Å². The maximum atomic E-state index is 14.4. The van der Waals surface area contributed by atoms with E-state index in [0.717, 1.165) is 65.0 Å². The Morgan fingerprint density at radius 1 is 1.12 bits per heavy atom. The highest BCUT2D eigenvalue weighted by atomic mass is 35.5. The van der Waals surface area contributed by atoms with E-state index in [-0.39, 0.29) is 53.2 Å². The SMILES string of the molecule is CC(C)N(C(=O)c1cc(F)ccc1Oc1cncnc1N1CC2(CCN(CC3=CCN(S(=O)(=O)N4C[C@@H]5C[C@H]4CN5)CC3)CC2)C1)C(C)C.Cl. The zero-order valence-electron chi connectivity index (χ0n) is 29.4. The number of nitrogens with zero attached hydrogens (tertiary/aromatic N) is 7. The van der Waals surface area contributed by atoms with Crippen molar-refractivity contribution >= 4 is 34.3 Å². The van der Waals surface area contributed by atoms with Gasteiger partial charge < -0.3 is 19.9 Å². The van der Waals surface area contributed by atoms with Gasteiger partial charge in [0.25, 0.3) is 16.1 Å². The molecule has 15 heteroatoms. The highest BCUT2D eigenvalue weighted by Crippen LogP contribution is 2.45. The van der Waals surface area contributed by atoms with Crippen LogP contribution in [-0.4, -0.2) is 126 Å². The number of fused-ring (bicyclic) bond motifs is 2. The molecule has 0 unspecified atom stereocenters. The Labute approximate surface area is 301 Å². The van der Waals surface area contributed by atoms with E-state index in [1.165, 1.54) is 30.1 Å². The van der Waals surface area contributed by atoms with Crippen LogP contribution in [0.25, 0.3) is 0 Å². The number of hydrogen-bond acceptors (Lipinski definition) is 9. The number of aromatic nitrogens is 2. The fraction of sp³-hybridized carbons (Fsp3) is 0.629. The van der Waals surface area contributed by atoms with Crippen LogP contribution in [-0.2, 0) is 10.2 Å². The van der Waals surface area contributed by atoms with Gasteiger partial charge in [-0.2, -0.15) is 17.0 Å². The molecule has 7 rings (SSSR count). The van der Waals surface area contributed by atoms with Crippen LogP contribution in [0.2, 0.25) is 0 Å². The molecule has 5 aliphatic heterocycles. The van der Waals surface area contributed by atoms with Gasteiger partial charge >= 0.3 is 0 Å². The van der Waals surface area contributed by atoms with E-state index in [1.807, 2.05) is 27.7 Å². The third kappa shape index (κ3) is 7.24. The van der Waals surface area contributed by atoms with Crippen molar-refractivity contribution in [2.24, 2.45) is 5.41 Å². The second kappa shape index (κ2) is 14.6. The van der Waals surface area contributed by atoms with Gasteiger partial charge in [0, 0.05) is 75.4 Å². The van der Waals surface area contributed by atoms with E-state index >= 15 is 0 Å². The van der Waals surface area contributed by atoms with Crippen LogP contribution in [0.15, 0.2) is 42.4 Å². The number of amides is 1. The number of likely N-dealkylation sites (tertiary alicyclic amines) is 1. The van der Waals surface area contributed by atoms with E-state index in [2.05, 4.69) is 31.2 Å². The maximum Gasteiger partial charge on any atom is 0.282 e. The van der Waals surface area contributed by atoms with E-state index in [4.69, 9.17) is 4.74 Å². The summed E-state index contributed by atoms with van der Waals surface area (Å²) in [6.07, 6.45) is 9.07. The summed E-state index contributed by atoms with van der Waals surface area (Å²) in [4.78, 5) is 28.7. The third-order valence-electron chi connectivity index (χ3n) is 11.0. The van der Waals surface area contributed by atoms with Gasteiger partial charge in [-0.05, 0) is 84.7 Å². The second-order valence-electron chi connectivity index (χ2n) is 15.0. The lowest BCUT2D eigenvalue weighted by molar-refractivity contribution is 0.0640. The molecule has 0 radical (unpaired) electrons. The molecule has 1 aromatic carbocycles. The van der Waals surface area contributed by atoms with E-state index in [9.17, 15) is 17.6 Å². The summed E-state index contributed by atoms with van der Waals surface area (Å²) in [6, 6.07) is 4.30. The van der Waals surface area contributed by atoms with Gasteiger partial charge in [0.15, 0.2) is 11.6 Å². The highest BCUT2D eigenvalue weighted by molar-refractivity contribution is 7.86. The van der Waals surface area contributed by atoms with Crippen LogP contribution in [0.1, 0.15) is 63.7 Å². The summed E-state index contributed by atoms with van der Waals surface area (Å²) >= 11 is 0. The van der Waals surface area contributed by atoms with Crippen molar-refractivity contribution in [1.29, 1.82) is 0 Å². The first kappa shape index (κ1) is 36.9. The Balaban J connectivity index is 0.00000432. The minimum Gasteiger partial charge on any atom is -0.451 e. The molecule has 4 fully saturated rings. The van der Waals surface area contributed by atoms with Gasteiger partial charge in [0.2, 0.25) is 0 Å². The molecule has 1 amide bonds. The van der Waals surface area contributed by atoms with E-state index in [0.29, 0.717) is 37.2 Å². The molecule has 5 aliphatic rings. The van der Waals surface area contributed by atoms with Crippen molar-refractivity contribution in [2.45, 2.75) is 77.5 Å². The molecule has 2 aromatic rings. The lowest BCUT2D eigenvalue weighted by atomic mass is 9.72. The topological polar surface area (TPSA) is 114 Å². The van der Waals surface area contributed by atoms with Crippen LogP contribution in [0.5, 0.6) is 11.5 Å². The standard InChI is InChI=1S/C35H49FN8O4S.ClH/c1-24(2)44(25(3)4)34(45)30-15-27(36)5-6-31(30)48-32-18-37-23-39-33(32)41-21-35(22-41)9-13-40(14-10-35)19-26-7-11-42(12-8-26)49(46,47)43-20-28-16-29(43)17-38-28;/h5-7,15,18,23-25,28-29,38H,8-14,16-17,19-22H2,1-4H3;1H/t28-,29-;/m0./s1. The lowest BCUT2D eigenvalue weighted by Gasteiger charge is -2.54. The molecule has 1 N–H and O–H groups in total. The molecule has 50 heavy (non-hydrogen) atoms. The number of hydrogen-bond donors (Lipinski definition) is 1. The van der Waals surface area contributed by atoms with Crippen LogP contribution in [0, 0.1) is 11.2 Å². The molecule has 6 heterocycles. The number of ether oxygens (including phenoxy) is 1. The van der Waals surface area contributed by atoms with Gasteiger partial charge in [-0.1, -0.05) is 11.6 Å². The largest absolute Gasteiger partial charge is 0.451 e. The number of benzene rings is 1. The predicted octanol–water partition coefficient (Wildman–Crippen LogP) is 3.91. The predicted molar refractivity (Wildman–Crippen MR) is 193 cm³/mol. The maximum absolute atomic E-state index is 14.4. The first-order chi connectivity index (χ1) is 23.4. The Kier molecular flexibility index (Phi) is 10.8. The number of carbonyl (C=O) groups is 1. The van der Waals surface area contributed by atoms with Crippen LogP contribution >= 0.6 is 12.4 Å². The van der Waals surface area contributed by atoms with E-state index in [1.54, 1.807) is 19.7 Å². The lowest BCUT2D eigenvalue weighted by Crippen LogP contribution is -2.61. The molecule has 1 aromatic heterocycles. The third-order valence-corrected chi connectivity index (χ3v) is 13.0. The first-order valence-corrected chi connectivity index (χ1v) is 19.1. The fourth-order valence-electron chi connectivity index (χ4n) is 8.40. The number of anilines is 1. The molecule has 0 saturated carbocycles. The van der Waals surface area contributed by atoms with Crippen LogP contribution in [0.4, 0.5) is 10.2 Å². The first-order valence-electron chi connectivity index (χ1n) is 17.7. The number of carbonyl (C=O) groups excluding carboxylic acids is 1.